The molecule has 0 aliphatic carbocycles. The molecule has 0 radical (unpaired) electrons. The van der Waals surface area contributed by atoms with Crippen LogP contribution < -0.4 is 5.32 Å². The van der Waals surface area contributed by atoms with Gasteiger partial charge in [-0.3, -0.25) is 4.90 Å². The summed E-state index contributed by atoms with van der Waals surface area (Å²) in [6.45, 7) is 18.5. The number of nitrogens with zero attached hydrogens (tertiary/aromatic N) is 2. The molecule has 0 saturated carbocycles. The van der Waals surface area contributed by atoms with Gasteiger partial charge in [0, 0.05) is 44.3 Å². The standard InChI is InChI=1S/C14H29N3/c1-12(9-15-14(3,4)5)10-17-8-7-16(6)11-13(17)2/h13,15H,1,7-11H2,2-6H3. The third kappa shape index (κ3) is 5.66. The second-order valence-electron chi connectivity index (χ2n) is 6.44. The fourth-order valence-corrected chi connectivity index (χ4v) is 2.15. The lowest BCUT2D eigenvalue weighted by Gasteiger charge is -2.38. The van der Waals surface area contributed by atoms with Gasteiger partial charge in [-0.15, -0.1) is 0 Å². The fourth-order valence-electron chi connectivity index (χ4n) is 2.15. The number of rotatable bonds is 4. The van der Waals surface area contributed by atoms with Gasteiger partial charge < -0.3 is 10.2 Å². The van der Waals surface area contributed by atoms with Gasteiger partial charge in [0.1, 0.15) is 0 Å². The summed E-state index contributed by atoms with van der Waals surface area (Å²) in [6, 6.07) is 0.639. The van der Waals surface area contributed by atoms with Crippen molar-refractivity contribution in [3.63, 3.8) is 0 Å². The van der Waals surface area contributed by atoms with E-state index in [0.29, 0.717) is 6.04 Å². The Morgan fingerprint density at radius 1 is 1.35 bits per heavy atom. The van der Waals surface area contributed by atoms with Crippen LogP contribution in [0.25, 0.3) is 0 Å². The SMILES string of the molecule is C=C(CNC(C)(C)C)CN1CCN(C)CC1C. The van der Waals surface area contributed by atoms with Crippen LogP contribution in [0.3, 0.4) is 0 Å². The van der Waals surface area contributed by atoms with Crippen LogP contribution in [0.4, 0.5) is 0 Å². The fraction of sp³-hybridized carbons (Fsp3) is 0.857. The van der Waals surface area contributed by atoms with Gasteiger partial charge in [0.25, 0.3) is 0 Å². The van der Waals surface area contributed by atoms with Crippen molar-refractivity contribution in [3.8, 4) is 0 Å². The molecule has 3 nitrogen and oxygen atoms in total. The predicted octanol–water partition coefficient (Wildman–Crippen LogP) is 1.57. The summed E-state index contributed by atoms with van der Waals surface area (Å²) in [5, 5.41) is 3.50. The second kappa shape index (κ2) is 5.98. The van der Waals surface area contributed by atoms with E-state index in [-0.39, 0.29) is 5.54 Å². The topological polar surface area (TPSA) is 18.5 Å². The zero-order valence-electron chi connectivity index (χ0n) is 12.2. The highest BCUT2D eigenvalue weighted by Crippen LogP contribution is 2.10. The Balaban J connectivity index is 2.31. The summed E-state index contributed by atoms with van der Waals surface area (Å²) in [6.07, 6.45) is 0. The van der Waals surface area contributed by atoms with Crippen molar-refractivity contribution in [1.82, 2.24) is 15.1 Å². The Labute approximate surface area is 107 Å². The highest BCUT2D eigenvalue weighted by molar-refractivity contribution is 5.02. The quantitative estimate of drug-likeness (QED) is 0.751. The summed E-state index contributed by atoms with van der Waals surface area (Å²) in [5.74, 6) is 0. The van der Waals surface area contributed by atoms with Gasteiger partial charge in [0.2, 0.25) is 0 Å². The van der Waals surface area contributed by atoms with Gasteiger partial charge in [0.05, 0.1) is 0 Å². The largest absolute Gasteiger partial charge is 0.308 e. The normalized spacial score (nSPS) is 23.9. The molecule has 1 fully saturated rings. The minimum absolute atomic E-state index is 0.177. The molecular formula is C14H29N3. The molecule has 17 heavy (non-hydrogen) atoms. The van der Waals surface area contributed by atoms with Crippen LogP contribution in [0.15, 0.2) is 12.2 Å². The molecule has 3 heteroatoms. The van der Waals surface area contributed by atoms with E-state index in [2.05, 4.69) is 56.4 Å². The van der Waals surface area contributed by atoms with Gasteiger partial charge in [-0.2, -0.15) is 0 Å². The third-order valence-corrected chi connectivity index (χ3v) is 3.26. The molecule has 1 heterocycles. The van der Waals surface area contributed by atoms with E-state index in [1.165, 1.54) is 18.7 Å². The first-order valence-corrected chi connectivity index (χ1v) is 6.62. The Hall–Kier alpha value is -0.380. The summed E-state index contributed by atoms with van der Waals surface area (Å²) in [4.78, 5) is 4.93. The number of hydrogen-bond acceptors (Lipinski definition) is 3. The van der Waals surface area contributed by atoms with E-state index < -0.39 is 0 Å². The minimum Gasteiger partial charge on any atom is -0.308 e. The zero-order valence-corrected chi connectivity index (χ0v) is 12.2. The first kappa shape index (κ1) is 14.7. The molecule has 1 unspecified atom stereocenters. The van der Waals surface area contributed by atoms with Crippen molar-refractivity contribution in [2.75, 3.05) is 39.8 Å². The summed E-state index contributed by atoms with van der Waals surface area (Å²) in [7, 11) is 2.20. The van der Waals surface area contributed by atoms with Crippen molar-refractivity contribution in [3.05, 3.63) is 12.2 Å². The number of piperazine rings is 1. The van der Waals surface area contributed by atoms with Crippen molar-refractivity contribution >= 4 is 0 Å². The average molecular weight is 239 g/mol. The molecule has 0 bridgehead atoms. The Bertz CT molecular complexity index is 255. The lowest BCUT2D eigenvalue weighted by atomic mass is 10.1. The monoisotopic (exact) mass is 239 g/mol. The first-order chi connectivity index (χ1) is 7.78. The Kier molecular flexibility index (Phi) is 5.17. The molecular weight excluding hydrogens is 210 g/mol. The molecule has 100 valence electrons. The predicted molar refractivity (Wildman–Crippen MR) is 75.4 cm³/mol. The molecule has 0 aromatic carbocycles. The van der Waals surface area contributed by atoms with E-state index in [1.54, 1.807) is 0 Å². The first-order valence-electron chi connectivity index (χ1n) is 6.62. The van der Waals surface area contributed by atoms with E-state index in [0.717, 1.165) is 19.6 Å². The van der Waals surface area contributed by atoms with Crippen LogP contribution >= 0.6 is 0 Å². The number of nitrogens with one attached hydrogen (secondary N) is 1. The zero-order chi connectivity index (χ0) is 13.1. The maximum absolute atomic E-state index is 4.19. The van der Waals surface area contributed by atoms with Gasteiger partial charge >= 0.3 is 0 Å². The van der Waals surface area contributed by atoms with Crippen LogP contribution in [0.5, 0.6) is 0 Å². The molecule has 1 rings (SSSR count). The minimum atomic E-state index is 0.177. The molecule has 0 spiro atoms. The van der Waals surface area contributed by atoms with Gasteiger partial charge in [-0.25, -0.2) is 0 Å². The van der Waals surface area contributed by atoms with Crippen molar-refractivity contribution < 1.29 is 0 Å². The lowest BCUT2D eigenvalue weighted by molar-refractivity contribution is 0.108. The van der Waals surface area contributed by atoms with E-state index in [4.69, 9.17) is 0 Å². The van der Waals surface area contributed by atoms with E-state index in [1.807, 2.05) is 0 Å². The Morgan fingerprint density at radius 2 is 2.00 bits per heavy atom. The van der Waals surface area contributed by atoms with Crippen LogP contribution in [-0.2, 0) is 0 Å². The van der Waals surface area contributed by atoms with E-state index >= 15 is 0 Å². The van der Waals surface area contributed by atoms with Crippen LogP contribution in [0, 0.1) is 0 Å². The molecule has 1 saturated heterocycles. The summed E-state index contributed by atoms with van der Waals surface area (Å²) >= 11 is 0. The molecule has 1 aliphatic rings. The summed E-state index contributed by atoms with van der Waals surface area (Å²) < 4.78 is 0. The third-order valence-electron chi connectivity index (χ3n) is 3.26. The molecule has 1 N–H and O–H groups in total. The highest BCUT2D eigenvalue weighted by atomic mass is 15.3. The van der Waals surface area contributed by atoms with Crippen LogP contribution in [0.2, 0.25) is 0 Å². The van der Waals surface area contributed by atoms with Crippen LogP contribution in [-0.4, -0.2) is 61.2 Å². The molecule has 0 aromatic rings. The molecule has 0 amide bonds. The van der Waals surface area contributed by atoms with Crippen molar-refractivity contribution in [2.24, 2.45) is 0 Å². The number of likely N-dealkylation sites (N-methyl/N-ethyl adjacent to an activating group) is 1. The number of hydrogen-bond donors (Lipinski definition) is 1. The second-order valence-corrected chi connectivity index (χ2v) is 6.44. The van der Waals surface area contributed by atoms with Gasteiger partial charge in [-0.05, 0) is 40.3 Å². The lowest BCUT2D eigenvalue weighted by Crippen LogP contribution is -2.51. The maximum atomic E-state index is 4.19. The van der Waals surface area contributed by atoms with Gasteiger partial charge in [0.15, 0.2) is 0 Å². The molecule has 0 aromatic heterocycles. The van der Waals surface area contributed by atoms with Gasteiger partial charge in [-0.1, -0.05) is 6.58 Å². The molecule has 1 atom stereocenters. The molecule has 1 aliphatic heterocycles. The van der Waals surface area contributed by atoms with E-state index in [9.17, 15) is 0 Å². The van der Waals surface area contributed by atoms with Crippen LogP contribution in [0.1, 0.15) is 27.7 Å². The maximum Gasteiger partial charge on any atom is 0.0206 e. The highest BCUT2D eigenvalue weighted by Gasteiger charge is 2.21. The smallest absolute Gasteiger partial charge is 0.0206 e. The average Bonchev–Trinajstić information content (AvgIpc) is 2.18. The van der Waals surface area contributed by atoms with Crippen molar-refractivity contribution in [2.45, 2.75) is 39.3 Å². The summed E-state index contributed by atoms with van der Waals surface area (Å²) in [5.41, 5.74) is 1.47. The Morgan fingerprint density at radius 3 is 2.53 bits per heavy atom. The van der Waals surface area contributed by atoms with Crippen molar-refractivity contribution in [1.29, 1.82) is 0 Å².